The molecule has 6 nitrogen and oxygen atoms in total. The number of benzene rings is 2. The number of carbonyl (C=O) groups is 2. The van der Waals surface area contributed by atoms with Crippen LogP contribution in [0.4, 0.5) is 5.69 Å². The van der Waals surface area contributed by atoms with Crippen molar-refractivity contribution in [1.82, 2.24) is 10.2 Å². The average molecular weight is 426 g/mol. The third-order valence-electron chi connectivity index (χ3n) is 4.65. The van der Waals surface area contributed by atoms with Crippen LogP contribution in [0.15, 0.2) is 65.3 Å². The Morgan fingerprint density at radius 1 is 1.07 bits per heavy atom. The third-order valence-corrected chi connectivity index (χ3v) is 5.79. The summed E-state index contributed by atoms with van der Waals surface area (Å²) in [6, 6.07) is 17.1. The monoisotopic (exact) mass is 425 g/mol. The summed E-state index contributed by atoms with van der Waals surface area (Å²) in [6.45, 7) is 4.57. The largest absolute Gasteiger partial charge is 0.496 e. The lowest BCUT2D eigenvalue weighted by Gasteiger charge is -2.18. The van der Waals surface area contributed by atoms with Crippen LogP contribution in [0.3, 0.4) is 0 Å². The number of ether oxygens (including phenoxy) is 1. The normalized spacial score (nSPS) is 13.7. The molecule has 2 N–H and O–H groups in total. The third kappa shape index (κ3) is 6.37. The molecule has 1 aliphatic rings. The van der Waals surface area contributed by atoms with Gasteiger partial charge in [0, 0.05) is 36.6 Å². The first-order valence-corrected chi connectivity index (χ1v) is 10.9. The summed E-state index contributed by atoms with van der Waals surface area (Å²) in [5.41, 5.74) is 2.45. The molecule has 7 heteroatoms. The molecule has 0 aromatic heterocycles. The molecule has 3 rings (SSSR count). The van der Waals surface area contributed by atoms with Crippen molar-refractivity contribution in [3.05, 3.63) is 76.4 Å². The van der Waals surface area contributed by atoms with Crippen molar-refractivity contribution in [2.24, 2.45) is 0 Å². The lowest BCUT2D eigenvalue weighted by Crippen LogP contribution is -2.32. The lowest BCUT2D eigenvalue weighted by atomic mass is 10.2. The van der Waals surface area contributed by atoms with Crippen molar-refractivity contribution < 1.29 is 14.3 Å². The number of likely N-dealkylation sites (N-methyl/N-ethyl adjacent to an activating group) is 1. The van der Waals surface area contributed by atoms with Gasteiger partial charge < -0.3 is 20.3 Å². The molecular weight excluding hydrogens is 398 g/mol. The number of nitrogens with one attached hydrogen (secondary N) is 2. The standard InChI is InChI=1S/C23H27N3O3S/c1-17-21(30-15-14-29-17)23(28)25-20-10-8-19(9-11-20)22(27)24-12-13-26(2)16-18-6-4-3-5-7-18/h3-11H,12-16H2,1-2H3,(H,24,27)(H,25,28). The fourth-order valence-corrected chi connectivity index (χ4v) is 3.88. The topological polar surface area (TPSA) is 70.7 Å². The minimum Gasteiger partial charge on any atom is -0.496 e. The second-order valence-corrected chi connectivity index (χ2v) is 8.20. The first-order chi connectivity index (χ1) is 14.5. The molecule has 0 radical (unpaired) electrons. The molecule has 1 aliphatic heterocycles. The SMILES string of the molecule is CC1=C(C(=O)Nc2ccc(C(=O)NCCN(C)Cc3ccccc3)cc2)SCCO1. The number of hydrogen-bond acceptors (Lipinski definition) is 5. The van der Waals surface area contributed by atoms with Crippen molar-refractivity contribution in [2.75, 3.05) is 37.8 Å². The van der Waals surface area contributed by atoms with Gasteiger partial charge in [-0.15, -0.1) is 11.8 Å². The van der Waals surface area contributed by atoms with Crippen molar-refractivity contribution in [3.63, 3.8) is 0 Å². The highest BCUT2D eigenvalue weighted by molar-refractivity contribution is 8.04. The second kappa shape index (κ2) is 10.8. The highest BCUT2D eigenvalue weighted by Gasteiger charge is 2.19. The summed E-state index contributed by atoms with van der Waals surface area (Å²) >= 11 is 1.49. The van der Waals surface area contributed by atoms with Gasteiger partial charge in [0.25, 0.3) is 11.8 Å². The highest BCUT2D eigenvalue weighted by Crippen LogP contribution is 2.26. The van der Waals surface area contributed by atoms with Crippen LogP contribution >= 0.6 is 11.8 Å². The average Bonchev–Trinajstić information content (AvgIpc) is 2.75. The number of allylic oxidation sites excluding steroid dienone is 1. The summed E-state index contributed by atoms with van der Waals surface area (Å²) in [5.74, 6) is 1.10. The lowest BCUT2D eigenvalue weighted by molar-refractivity contribution is -0.112. The van der Waals surface area contributed by atoms with Crippen LogP contribution < -0.4 is 10.6 Å². The van der Waals surface area contributed by atoms with Crippen LogP contribution in [0.1, 0.15) is 22.8 Å². The fourth-order valence-electron chi connectivity index (χ4n) is 3.06. The summed E-state index contributed by atoms with van der Waals surface area (Å²) in [6.07, 6.45) is 0. The van der Waals surface area contributed by atoms with E-state index < -0.39 is 0 Å². The van der Waals surface area contributed by atoms with Crippen LogP contribution in [0.25, 0.3) is 0 Å². The summed E-state index contributed by atoms with van der Waals surface area (Å²) in [7, 11) is 2.03. The van der Waals surface area contributed by atoms with E-state index in [1.54, 1.807) is 31.2 Å². The van der Waals surface area contributed by atoms with Gasteiger partial charge in [-0.2, -0.15) is 0 Å². The van der Waals surface area contributed by atoms with Crippen LogP contribution in [-0.4, -0.2) is 49.2 Å². The minimum atomic E-state index is -0.184. The van der Waals surface area contributed by atoms with Gasteiger partial charge in [0.2, 0.25) is 0 Å². The molecule has 2 aromatic rings. The molecule has 2 aromatic carbocycles. The quantitative estimate of drug-likeness (QED) is 0.678. The summed E-state index contributed by atoms with van der Waals surface area (Å²) in [4.78, 5) is 27.5. The maximum absolute atomic E-state index is 12.4. The number of thioether (sulfide) groups is 1. The van der Waals surface area contributed by atoms with Gasteiger partial charge in [-0.3, -0.25) is 9.59 Å². The van der Waals surface area contributed by atoms with Crippen LogP contribution in [-0.2, 0) is 16.1 Å². The molecule has 0 saturated carbocycles. The van der Waals surface area contributed by atoms with Gasteiger partial charge in [-0.05, 0) is 43.8 Å². The molecule has 0 atom stereocenters. The molecule has 0 aliphatic carbocycles. The van der Waals surface area contributed by atoms with E-state index in [0.717, 1.165) is 18.8 Å². The predicted octanol–water partition coefficient (Wildman–Crippen LogP) is 3.48. The molecule has 0 unspecified atom stereocenters. The molecule has 0 spiro atoms. The number of rotatable bonds is 8. The van der Waals surface area contributed by atoms with E-state index in [-0.39, 0.29) is 11.8 Å². The number of nitrogens with zero attached hydrogens (tertiary/aromatic N) is 1. The predicted molar refractivity (Wildman–Crippen MR) is 121 cm³/mol. The Morgan fingerprint density at radius 2 is 1.80 bits per heavy atom. The Labute approximate surface area is 181 Å². The number of carbonyl (C=O) groups excluding carboxylic acids is 2. The molecule has 0 bridgehead atoms. The van der Waals surface area contributed by atoms with Gasteiger partial charge >= 0.3 is 0 Å². The zero-order chi connectivity index (χ0) is 21.3. The van der Waals surface area contributed by atoms with Gasteiger partial charge in [-0.1, -0.05) is 30.3 Å². The van der Waals surface area contributed by atoms with E-state index in [9.17, 15) is 9.59 Å². The van der Waals surface area contributed by atoms with E-state index in [0.29, 0.717) is 35.1 Å². The molecule has 30 heavy (non-hydrogen) atoms. The summed E-state index contributed by atoms with van der Waals surface area (Å²) in [5, 5.41) is 5.79. The maximum Gasteiger partial charge on any atom is 0.265 e. The molecule has 1 heterocycles. The Bertz CT molecular complexity index is 898. The Hall–Kier alpha value is -2.77. The zero-order valence-corrected chi connectivity index (χ0v) is 18.1. The molecule has 158 valence electrons. The van der Waals surface area contributed by atoms with E-state index >= 15 is 0 Å². The van der Waals surface area contributed by atoms with Crippen molar-refractivity contribution in [2.45, 2.75) is 13.5 Å². The number of anilines is 1. The van der Waals surface area contributed by atoms with Crippen LogP contribution in [0, 0.1) is 0 Å². The first kappa shape index (κ1) is 21.9. The molecular formula is C23H27N3O3S. The van der Waals surface area contributed by atoms with E-state index in [1.807, 2.05) is 25.2 Å². The molecule has 2 amide bonds. The smallest absolute Gasteiger partial charge is 0.265 e. The van der Waals surface area contributed by atoms with Crippen LogP contribution in [0.5, 0.6) is 0 Å². The maximum atomic E-state index is 12.4. The van der Waals surface area contributed by atoms with Gasteiger partial charge in [0.05, 0.1) is 6.61 Å². The van der Waals surface area contributed by atoms with Crippen LogP contribution in [0.2, 0.25) is 0 Å². The van der Waals surface area contributed by atoms with Crippen molar-refractivity contribution in [3.8, 4) is 0 Å². The van der Waals surface area contributed by atoms with Gasteiger partial charge in [-0.25, -0.2) is 0 Å². The molecule has 0 saturated heterocycles. The Balaban J connectivity index is 1.45. The Kier molecular flexibility index (Phi) is 7.93. The van der Waals surface area contributed by atoms with E-state index in [1.165, 1.54) is 17.3 Å². The summed E-state index contributed by atoms with van der Waals surface area (Å²) < 4.78 is 5.43. The number of amides is 2. The van der Waals surface area contributed by atoms with Crippen molar-refractivity contribution in [1.29, 1.82) is 0 Å². The van der Waals surface area contributed by atoms with E-state index in [4.69, 9.17) is 4.74 Å². The van der Waals surface area contributed by atoms with Crippen molar-refractivity contribution >= 4 is 29.3 Å². The first-order valence-electron chi connectivity index (χ1n) is 9.91. The second-order valence-electron chi connectivity index (χ2n) is 7.09. The minimum absolute atomic E-state index is 0.129. The molecule has 0 fully saturated rings. The highest BCUT2D eigenvalue weighted by atomic mass is 32.2. The Morgan fingerprint density at radius 3 is 2.50 bits per heavy atom. The zero-order valence-electron chi connectivity index (χ0n) is 17.3. The van der Waals surface area contributed by atoms with Gasteiger partial charge in [0.15, 0.2) is 0 Å². The van der Waals surface area contributed by atoms with Gasteiger partial charge in [0.1, 0.15) is 10.7 Å². The number of hydrogen-bond donors (Lipinski definition) is 2. The van der Waals surface area contributed by atoms with E-state index in [2.05, 4.69) is 27.7 Å². The fraction of sp³-hybridized carbons (Fsp3) is 0.304.